The molecule has 0 aliphatic carbocycles. The van der Waals surface area contributed by atoms with Crippen molar-refractivity contribution < 1.29 is 14.3 Å². The van der Waals surface area contributed by atoms with Gasteiger partial charge in [-0.25, -0.2) is 9.78 Å². The third-order valence-corrected chi connectivity index (χ3v) is 4.54. The molecule has 26 heavy (non-hydrogen) atoms. The molecule has 1 saturated heterocycles. The number of para-hydroxylation sites is 1. The molecule has 138 valence electrons. The molecular weight excluding hydrogens is 336 g/mol. The number of hydrogen-bond donors (Lipinski definition) is 2. The van der Waals surface area contributed by atoms with E-state index in [1.165, 1.54) is 12.0 Å². The number of hydrogen-bond acceptors (Lipinski definition) is 5. The molecule has 2 N–H and O–H groups in total. The SMILES string of the molecule is COC(=O)N1CCCC[C@H]1C(=O)NCCc1nc2ccccc2c(=O)[nH]1. The molecule has 1 aliphatic heterocycles. The molecule has 1 aromatic heterocycles. The van der Waals surface area contributed by atoms with Gasteiger partial charge < -0.3 is 15.0 Å². The van der Waals surface area contributed by atoms with Gasteiger partial charge in [-0.1, -0.05) is 12.1 Å². The molecule has 0 unspecified atom stereocenters. The number of aromatic nitrogens is 2. The van der Waals surface area contributed by atoms with E-state index < -0.39 is 12.1 Å². The minimum absolute atomic E-state index is 0.193. The lowest BCUT2D eigenvalue weighted by atomic mass is 10.0. The molecule has 2 heterocycles. The van der Waals surface area contributed by atoms with Gasteiger partial charge in [0.15, 0.2) is 0 Å². The molecule has 1 aromatic carbocycles. The number of rotatable bonds is 4. The first kappa shape index (κ1) is 17.9. The van der Waals surface area contributed by atoms with Crippen LogP contribution >= 0.6 is 0 Å². The number of benzene rings is 1. The third-order valence-electron chi connectivity index (χ3n) is 4.54. The highest BCUT2D eigenvalue weighted by atomic mass is 16.5. The van der Waals surface area contributed by atoms with Crippen molar-refractivity contribution in [3.05, 3.63) is 40.4 Å². The molecule has 1 atom stereocenters. The van der Waals surface area contributed by atoms with Gasteiger partial charge in [0.05, 0.1) is 18.0 Å². The number of nitrogens with zero attached hydrogens (tertiary/aromatic N) is 2. The van der Waals surface area contributed by atoms with E-state index in [1.807, 2.05) is 6.07 Å². The highest BCUT2D eigenvalue weighted by Crippen LogP contribution is 2.18. The summed E-state index contributed by atoms with van der Waals surface area (Å²) in [5, 5.41) is 3.37. The Labute approximate surface area is 150 Å². The zero-order valence-electron chi connectivity index (χ0n) is 14.7. The Bertz CT molecular complexity index is 864. The molecule has 2 aromatic rings. The van der Waals surface area contributed by atoms with Crippen molar-refractivity contribution in [2.24, 2.45) is 0 Å². The van der Waals surface area contributed by atoms with Crippen molar-refractivity contribution in [2.45, 2.75) is 31.7 Å². The molecule has 2 amide bonds. The lowest BCUT2D eigenvalue weighted by molar-refractivity contribution is -0.126. The lowest BCUT2D eigenvalue weighted by Gasteiger charge is -2.33. The van der Waals surface area contributed by atoms with Gasteiger partial charge in [0, 0.05) is 19.5 Å². The predicted molar refractivity (Wildman–Crippen MR) is 95.8 cm³/mol. The number of nitrogens with one attached hydrogen (secondary N) is 2. The van der Waals surface area contributed by atoms with Crippen LogP contribution in [-0.2, 0) is 16.0 Å². The molecule has 3 rings (SSSR count). The third kappa shape index (κ3) is 3.84. The number of methoxy groups -OCH3 is 1. The first-order chi connectivity index (χ1) is 12.6. The zero-order valence-corrected chi connectivity index (χ0v) is 14.7. The van der Waals surface area contributed by atoms with E-state index >= 15 is 0 Å². The number of carbonyl (C=O) groups excluding carboxylic acids is 2. The quantitative estimate of drug-likeness (QED) is 0.855. The normalized spacial score (nSPS) is 17.1. The fourth-order valence-electron chi connectivity index (χ4n) is 3.22. The largest absolute Gasteiger partial charge is 0.453 e. The summed E-state index contributed by atoms with van der Waals surface area (Å²) in [5.74, 6) is 0.306. The van der Waals surface area contributed by atoms with E-state index in [1.54, 1.807) is 18.2 Å². The van der Waals surface area contributed by atoms with E-state index in [-0.39, 0.29) is 11.5 Å². The molecule has 8 nitrogen and oxygen atoms in total. The lowest BCUT2D eigenvalue weighted by Crippen LogP contribution is -2.52. The first-order valence-corrected chi connectivity index (χ1v) is 8.70. The van der Waals surface area contributed by atoms with Gasteiger partial charge in [-0.15, -0.1) is 0 Å². The van der Waals surface area contributed by atoms with Gasteiger partial charge in [0.1, 0.15) is 11.9 Å². The predicted octanol–water partition coefficient (Wildman–Crippen LogP) is 1.20. The van der Waals surface area contributed by atoms with Crippen LogP contribution in [0.3, 0.4) is 0 Å². The maximum Gasteiger partial charge on any atom is 0.410 e. The zero-order chi connectivity index (χ0) is 18.5. The van der Waals surface area contributed by atoms with Crippen LogP contribution in [0.2, 0.25) is 0 Å². The van der Waals surface area contributed by atoms with Crippen molar-refractivity contribution >= 4 is 22.9 Å². The number of fused-ring (bicyclic) bond motifs is 1. The number of carbonyl (C=O) groups is 2. The summed E-state index contributed by atoms with van der Waals surface area (Å²) >= 11 is 0. The van der Waals surface area contributed by atoms with E-state index in [4.69, 9.17) is 4.74 Å². The number of H-pyrrole nitrogens is 1. The van der Waals surface area contributed by atoms with Crippen molar-refractivity contribution in [1.82, 2.24) is 20.2 Å². The van der Waals surface area contributed by atoms with Crippen molar-refractivity contribution in [2.75, 3.05) is 20.2 Å². The minimum Gasteiger partial charge on any atom is -0.453 e. The Morgan fingerprint density at radius 3 is 2.96 bits per heavy atom. The Morgan fingerprint density at radius 2 is 2.15 bits per heavy atom. The molecule has 0 spiro atoms. The summed E-state index contributed by atoms with van der Waals surface area (Å²) in [6.07, 6.45) is 2.29. The van der Waals surface area contributed by atoms with Gasteiger partial charge in [-0.05, 0) is 31.4 Å². The monoisotopic (exact) mass is 358 g/mol. The van der Waals surface area contributed by atoms with Crippen LogP contribution in [0.5, 0.6) is 0 Å². The molecule has 1 aliphatic rings. The van der Waals surface area contributed by atoms with Crippen LogP contribution in [0.4, 0.5) is 4.79 Å². The van der Waals surface area contributed by atoms with E-state index in [9.17, 15) is 14.4 Å². The fraction of sp³-hybridized carbons (Fsp3) is 0.444. The van der Waals surface area contributed by atoms with Crippen molar-refractivity contribution in [3.63, 3.8) is 0 Å². The molecule has 0 bridgehead atoms. The van der Waals surface area contributed by atoms with Crippen LogP contribution < -0.4 is 10.9 Å². The van der Waals surface area contributed by atoms with Crippen LogP contribution in [0.1, 0.15) is 25.1 Å². The van der Waals surface area contributed by atoms with Gasteiger partial charge in [0.2, 0.25) is 5.91 Å². The number of aromatic amines is 1. The van der Waals surface area contributed by atoms with Crippen molar-refractivity contribution in [1.29, 1.82) is 0 Å². The van der Waals surface area contributed by atoms with Crippen LogP contribution in [-0.4, -0.2) is 53.1 Å². The summed E-state index contributed by atoms with van der Waals surface area (Å²) in [5.41, 5.74) is 0.433. The fourth-order valence-corrected chi connectivity index (χ4v) is 3.22. The standard InChI is InChI=1S/C18H22N4O4/c1-26-18(25)22-11-5-4-8-14(22)17(24)19-10-9-15-20-13-7-3-2-6-12(13)16(23)21-15/h2-3,6-7,14H,4-5,8-11H2,1H3,(H,19,24)(H,20,21,23)/t14-/m0/s1. The summed E-state index contributed by atoms with van der Waals surface area (Å²) in [6, 6.07) is 6.60. The summed E-state index contributed by atoms with van der Waals surface area (Å²) in [7, 11) is 1.31. The second-order valence-corrected chi connectivity index (χ2v) is 6.25. The van der Waals surface area contributed by atoms with Crippen LogP contribution in [0, 0.1) is 0 Å². The maximum atomic E-state index is 12.4. The summed E-state index contributed by atoms with van der Waals surface area (Å²) in [4.78, 5) is 44.9. The highest BCUT2D eigenvalue weighted by molar-refractivity contribution is 5.85. The van der Waals surface area contributed by atoms with Crippen molar-refractivity contribution in [3.8, 4) is 0 Å². The number of ether oxygens (including phenoxy) is 1. The Morgan fingerprint density at radius 1 is 1.35 bits per heavy atom. The maximum absolute atomic E-state index is 12.4. The van der Waals surface area contributed by atoms with Gasteiger partial charge in [-0.3, -0.25) is 14.5 Å². The number of piperidine rings is 1. The summed E-state index contributed by atoms with van der Waals surface area (Å²) < 4.78 is 4.76. The number of likely N-dealkylation sites (tertiary alicyclic amines) is 1. The average Bonchev–Trinajstić information content (AvgIpc) is 2.67. The summed E-state index contributed by atoms with van der Waals surface area (Å²) in [6.45, 7) is 0.843. The minimum atomic E-state index is -0.514. The molecule has 0 saturated carbocycles. The highest BCUT2D eigenvalue weighted by Gasteiger charge is 2.32. The first-order valence-electron chi connectivity index (χ1n) is 8.70. The second kappa shape index (κ2) is 7.99. The van der Waals surface area contributed by atoms with Gasteiger partial charge in [-0.2, -0.15) is 0 Å². The molecular formula is C18H22N4O4. The smallest absolute Gasteiger partial charge is 0.410 e. The van der Waals surface area contributed by atoms with Crippen LogP contribution in [0.15, 0.2) is 29.1 Å². The molecule has 0 radical (unpaired) electrons. The van der Waals surface area contributed by atoms with Gasteiger partial charge >= 0.3 is 6.09 Å². The van der Waals surface area contributed by atoms with Gasteiger partial charge in [0.25, 0.3) is 5.56 Å². The molecule has 8 heteroatoms. The Kier molecular flexibility index (Phi) is 5.50. The number of amides is 2. The average molecular weight is 358 g/mol. The Balaban J connectivity index is 1.61. The van der Waals surface area contributed by atoms with E-state index in [0.29, 0.717) is 42.7 Å². The van der Waals surface area contributed by atoms with E-state index in [2.05, 4.69) is 15.3 Å². The Hall–Kier alpha value is -2.90. The second-order valence-electron chi connectivity index (χ2n) is 6.25. The topological polar surface area (TPSA) is 104 Å². The van der Waals surface area contributed by atoms with Crippen LogP contribution in [0.25, 0.3) is 10.9 Å². The van der Waals surface area contributed by atoms with E-state index in [0.717, 1.165) is 12.8 Å². The molecule has 1 fully saturated rings.